The van der Waals surface area contributed by atoms with E-state index in [0.717, 1.165) is 35.4 Å². The van der Waals surface area contributed by atoms with Gasteiger partial charge < -0.3 is 10.2 Å². The first-order valence-electron chi connectivity index (χ1n) is 8.36. The molecule has 0 spiro atoms. The highest BCUT2D eigenvalue weighted by atomic mass is 35.5. The van der Waals surface area contributed by atoms with Crippen LogP contribution in [-0.4, -0.2) is 50.2 Å². The van der Waals surface area contributed by atoms with Crippen LogP contribution in [-0.2, 0) is 7.05 Å². The van der Waals surface area contributed by atoms with Crippen molar-refractivity contribution in [2.45, 2.75) is 13.0 Å². The number of hydrogen-bond acceptors (Lipinski definition) is 5. The minimum atomic E-state index is -0.0272. The molecule has 3 aromatic rings. The van der Waals surface area contributed by atoms with Crippen LogP contribution in [0.15, 0.2) is 36.8 Å². The van der Waals surface area contributed by atoms with Crippen molar-refractivity contribution in [1.82, 2.24) is 30.0 Å². The Morgan fingerprint density at radius 2 is 2.11 bits per heavy atom. The molecule has 1 amide bonds. The molecule has 4 heterocycles. The Morgan fingerprint density at radius 3 is 2.85 bits per heavy atom. The summed E-state index contributed by atoms with van der Waals surface area (Å²) in [6.07, 6.45) is 5.22. The maximum atomic E-state index is 13.2. The summed E-state index contributed by atoms with van der Waals surface area (Å²) in [7, 11) is 1.86. The molecule has 0 saturated carbocycles. The molecule has 4 rings (SSSR count). The number of nitrogens with zero attached hydrogens (tertiary/aromatic N) is 5. The van der Waals surface area contributed by atoms with Gasteiger partial charge in [0.25, 0.3) is 5.91 Å². The van der Waals surface area contributed by atoms with E-state index in [1.807, 2.05) is 43.3 Å². The summed E-state index contributed by atoms with van der Waals surface area (Å²) in [5, 5.41) is 8.66. The number of aromatic nitrogens is 4. The second kappa shape index (κ2) is 8.65. The van der Waals surface area contributed by atoms with Crippen LogP contribution in [0.25, 0.3) is 11.0 Å². The smallest absolute Gasteiger partial charge is 0.256 e. The van der Waals surface area contributed by atoms with Crippen LogP contribution in [0.3, 0.4) is 0 Å². The maximum Gasteiger partial charge on any atom is 0.256 e. The maximum absolute atomic E-state index is 13.2. The van der Waals surface area contributed by atoms with Crippen LogP contribution in [0.1, 0.15) is 27.7 Å². The van der Waals surface area contributed by atoms with Crippen LogP contribution in [0.4, 0.5) is 0 Å². The Hall–Kier alpha value is -2.22. The van der Waals surface area contributed by atoms with Gasteiger partial charge in [-0.25, -0.2) is 4.98 Å². The molecule has 0 radical (unpaired) electrons. The van der Waals surface area contributed by atoms with E-state index in [1.54, 1.807) is 17.1 Å². The molecular formula is C18H22Cl2N6O. The van der Waals surface area contributed by atoms with E-state index in [4.69, 9.17) is 0 Å². The molecule has 1 N–H and O–H groups in total. The number of fused-ring (bicyclic) bond motifs is 1. The van der Waals surface area contributed by atoms with Crippen molar-refractivity contribution in [1.29, 1.82) is 0 Å². The Morgan fingerprint density at radius 1 is 1.30 bits per heavy atom. The van der Waals surface area contributed by atoms with Crippen molar-refractivity contribution >= 4 is 41.8 Å². The predicted molar refractivity (Wildman–Crippen MR) is 109 cm³/mol. The third-order valence-electron chi connectivity index (χ3n) is 4.68. The van der Waals surface area contributed by atoms with E-state index in [0.29, 0.717) is 12.1 Å². The minimum absolute atomic E-state index is 0. The molecule has 1 atom stereocenters. The molecule has 7 nitrogen and oxygen atoms in total. The highest BCUT2D eigenvalue weighted by molar-refractivity contribution is 5.97. The molecule has 0 bridgehead atoms. The van der Waals surface area contributed by atoms with Crippen LogP contribution >= 0.6 is 24.8 Å². The topological polar surface area (TPSA) is 75.9 Å². The number of amides is 1. The summed E-state index contributed by atoms with van der Waals surface area (Å²) in [4.78, 5) is 23.7. The molecule has 27 heavy (non-hydrogen) atoms. The number of pyridine rings is 2. The molecule has 1 aliphatic heterocycles. The lowest BCUT2D eigenvalue weighted by atomic mass is 10.0. The Kier molecular flexibility index (Phi) is 6.75. The van der Waals surface area contributed by atoms with E-state index < -0.39 is 0 Å². The van der Waals surface area contributed by atoms with E-state index in [9.17, 15) is 4.79 Å². The molecule has 1 unspecified atom stereocenters. The molecule has 0 aliphatic carbocycles. The van der Waals surface area contributed by atoms with Crippen molar-refractivity contribution in [3.8, 4) is 0 Å². The van der Waals surface area contributed by atoms with Gasteiger partial charge in [-0.05, 0) is 24.6 Å². The fraction of sp³-hybridized carbons (Fsp3) is 0.333. The molecule has 3 aromatic heterocycles. The van der Waals surface area contributed by atoms with Gasteiger partial charge in [0.05, 0.1) is 17.3 Å². The normalized spacial score (nSPS) is 16.5. The predicted octanol–water partition coefficient (Wildman–Crippen LogP) is 2.30. The number of hydrogen-bond donors (Lipinski definition) is 1. The fourth-order valence-corrected chi connectivity index (χ4v) is 3.41. The first kappa shape index (κ1) is 21.1. The quantitative estimate of drug-likeness (QED) is 0.703. The standard InChI is InChI=1S/C18H20N6O.2ClH/c1-12-15-8-14(10-21-17(15)23(2)22-12)18(25)24-7-6-20-11-16(24)13-4-3-5-19-9-13;;/h3-5,8-10,16,20H,6-7,11H2,1-2H3;2*1H. The van der Waals surface area contributed by atoms with Gasteiger partial charge in [-0.2, -0.15) is 5.10 Å². The van der Waals surface area contributed by atoms with Gasteiger partial charge in [0.1, 0.15) is 0 Å². The summed E-state index contributed by atoms with van der Waals surface area (Å²) in [6.45, 7) is 4.09. The van der Waals surface area contributed by atoms with Crippen molar-refractivity contribution < 1.29 is 4.79 Å². The number of piperazine rings is 1. The van der Waals surface area contributed by atoms with Gasteiger partial charge in [-0.15, -0.1) is 24.8 Å². The summed E-state index contributed by atoms with van der Waals surface area (Å²) >= 11 is 0. The molecular weight excluding hydrogens is 387 g/mol. The van der Waals surface area contributed by atoms with Gasteiger partial charge in [0.15, 0.2) is 5.65 Å². The van der Waals surface area contributed by atoms with Crippen LogP contribution < -0.4 is 5.32 Å². The van der Waals surface area contributed by atoms with Crippen LogP contribution in [0.5, 0.6) is 0 Å². The monoisotopic (exact) mass is 408 g/mol. The lowest BCUT2D eigenvalue weighted by Crippen LogP contribution is -2.48. The molecule has 1 fully saturated rings. The lowest BCUT2D eigenvalue weighted by molar-refractivity contribution is 0.0634. The molecule has 1 saturated heterocycles. The van der Waals surface area contributed by atoms with Gasteiger partial charge in [-0.3, -0.25) is 14.5 Å². The number of carbonyl (C=O) groups excluding carboxylic acids is 1. The van der Waals surface area contributed by atoms with Gasteiger partial charge in [0, 0.05) is 50.7 Å². The van der Waals surface area contributed by atoms with Crippen LogP contribution in [0.2, 0.25) is 0 Å². The number of rotatable bonds is 2. The zero-order valence-electron chi connectivity index (χ0n) is 15.1. The van der Waals surface area contributed by atoms with E-state index in [-0.39, 0.29) is 36.8 Å². The molecule has 144 valence electrons. The summed E-state index contributed by atoms with van der Waals surface area (Å²) in [5.74, 6) is -0.00648. The van der Waals surface area contributed by atoms with Crippen LogP contribution in [0, 0.1) is 6.92 Å². The van der Waals surface area contributed by atoms with Crippen molar-refractivity contribution in [2.75, 3.05) is 19.6 Å². The van der Waals surface area contributed by atoms with Crippen molar-refractivity contribution in [3.63, 3.8) is 0 Å². The SMILES string of the molecule is Cc1nn(C)c2ncc(C(=O)N3CCNCC3c3cccnc3)cc12.Cl.Cl. The van der Waals surface area contributed by atoms with Gasteiger partial charge in [0.2, 0.25) is 0 Å². The summed E-state index contributed by atoms with van der Waals surface area (Å²) in [6, 6.07) is 5.78. The number of carbonyl (C=O) groups is 1. The van der Waals surface area contributed by atoms with Crippen molar-refractivity contribution in [3.05, 3.63) is 53.6 Å². The second-order valence-electron chi connectivity index (χ2n) is 6.31. The largest absolute Gasteiger partial charge is 0.329 e. The number of aryl methyl sites for hydroxylation is 2. The lowest BCUT2D eigenvalue weighted by Gasteiger charge is -2.36. The average molecular weight is 409 g/mol. The number of nitrogens with one attached hydrogen (secondary N) is 1. The molecule has 0 aromatic carbocycles. The molecule has 1 aliphatic rings. The highest BCUT2D eigenvalue weighted by Crippen LogP contribution is 2.25. The van der Waals surface area contributed by atoms with E-state index in [1.165, 1.54) is 0 Å². The highest BCUT2D eigenvalue weighted by Gasteiger charge is 2.29. The fourth-order valence-electron chi connectivity index (χ4n) is 3.41. The zero-order valence-corrected chi connectivity index (χ0v) is 16.8. The Labute approximate surface area is 170 Å². The third-order valence-corrected chi connectivity index (χ3v) is 4.68. The first-order chi connectivity index (χ1) is 12.1. The molecule has 9 heteroatoms. The first-order valence-corrected chi connectivity index (χ1v) is 8.36. The average Bonchev–Trinajstić information content (AvgIpc) is 2.95. The summed E-state index contributed by atoms with van der Waals surface area (Å²) < 4.78 is 1.74. The Balaban J connectivity index is 0.00000131. The Bertz CT molecular complexity index is 930. The van der Waals surface area contributed by atoms with Gasteiger partial charge in [-0.1, -0.05) is 6.07 Å². The van der Waals surface area contributed by atoms with E-state index in [2.05, 4.69) is 20.4 Å². The van der Waals surface area contributed by atoms with E-state index >= 15 is 0 Å². The number of halogens is 2. The minimum Gasteiger partial charge on any atom is -0.329 e. The third kappa shape index (κ3) is 3.90. The van der Waals surface area contributed by atoms with Crippen molar-refractivity contribution in [2.24, 2.45) is 7.05 Å². The second-order valence-corrected chi connectivity index (χ2v) is 6.31. The van der Waals surface area contributed by atoms with Gasteiger partial charge >= 0.3 is 0 Å². The zero-order chi connectivity index (χ0) is 17.4. The summed E-state index contributed by atoms with van der Waals surface area (Å²) in [5.41, 5.74) is 3.30.